The smallest absolute Gasteiger partial charge is 0.0587 e. The molecule has 1 aliphatic rings. The van der Waals surface area contributed by atoms with E-state index >= 15 is 0 Å². The van der Waals surface area contributed by atoms with E-state index in [0.717, 1.165) is 0 Å². The van der Waals surface area contributed by atoms with Gasteiger partial charge in [0.25, 0.3) is 0 Å². The van der Waals surface area contributed by atoms with Gasteiger partial charge in [-0.3, -0.25) is 0 Å². The molecule has 2 N–H and O–H groups in total. The molecule has 0 aromatic carbocycles. The summed E-state index contributed by atoms with van der Waals surface area (Å²) < 4.78 is 0. The zero-order valence-electron chi connectivity index (χ0n) is 11.4. The Morgan fingerprint density at radius 2 is 1.94 bits per heavy atom. The summed E-state index contributed by atoms with van der Waals surface area (Å²) in [5.74, 6) is 0.515. The van der Waals surface area contributed by atoms with Gasteiger partial charge in [0.15, 0.2) is 0 Å². The lowest BCUT2D eigenvalue weighted by Gasteiger charge is -2.27. The molecule has 0 aromatic heterocycles. The summed E-state index contributed by atoms with van der Waals surface area (Å²) in [7, 11) is 0. The summed E-state index contributed by atoms with van der Waals surface area (Å²) in [6, 6.07) is 0.882. The van der Waals surface area contributed by atoms with Crippen LogP contribution in [0.25, 0.3) is 0 Å². The minimum atomic E-state index is 0.261. The van der Waals surface area contributed by atoms with Crippen LogP contribution in [0.2, 0.25) is 0 Å². The molecule has 0 heterocycles. The van der Waals surface area contributed by atoms with Crippen LogP contribution < -0.4 is 5.32 Å². The summed E-state index contributed by atoms with van der Waals surface area (Å²) in [5, 5.41) is 13.0. The summed E-state index contributed by atoms with van der Waals surface area (Å²) in [5.41, 5.74) is 0.517. The van der Waals surface area contributed by atoms with Crippen molar-refractivity contribution in [3.05, 3.63) is 0 Å². The lowest BCUT2D eigenvalue weighted by molar-refractivity contribution is 0.193. The molecule has 2 heteroatoms. The Kier molecular flexibility index (Phi) is 5.26. The Hall–Kier alpha value is -0.0800. The van der Waals surface area contributed by atoms with Crippen LogP contribution in [0.1, 0.15) is 59.8 Å². The highest BCUT2D eigenvalue weighted by Crippen LogP contribution is 2.33. The minimum Gasteiger partial charge on any atom is -0.395 e. The molecule has 0 saturated heterocycles. The first-order valence-electron chi connectivity index (χ1n) is 6.81. The van der Waals surface area contributed by atoms with Crippen molar-refractivity contribution in [3.63, 3.8) is 0 Å². The maximum absolute atomic E-state index is 9.34. The van der Waals surface area contributed by atoms with Crippen molar-refractivity contribution in [1.82, 2.24) is 5.32 Å². The first kappa shape index (κ1) is 14.0. The van der Waals surface area contributed by atoms with Gasteiger partial charge in [0.05, 0.1) is 6.61 Å². The van der Waals surface area contributed by atoms with Crippen molar-refractivity contribution in [3.8, 4) is 0 Å². The molecule has 0 aromatic rings. The van der Waals surface area contributed by atoms with Gasteiger partial charge in [-0.05, 0) is 37.0 Å². The second-order valence-corrected chi connectivity index (χ2v) is 6.49. The Morgan fingerprint density at radius 3 is 2.50 bits per heavy atom. The molecule has 0 bridgehead atoms. The van der Waals surface area contributed by atoms with E-state index in [0.29, 0.717) is 17.4 Å². The summed E-state index contributed by atoms with van der Waals surface area (Å²) in [6.07, 6.45) is 6.50. The zero-order valence-corrected chi connectivity index (χ0v) is 11.4. The highest BCUT2D eigenvalue weighted by molar-refractivity contribution is 4.82. The average Bonchev–Trinajstić information content (AvgIpc) is 2.36. The zero-order chi connectivity index (χ0) is 12.2. The van der Waals surface area contributed by atoms with Crippen LogP contribution in [-0.2, 0) is 0 Å². The third-order valence-electron chi connectivity index (χ3n) is 4.03. The first-order chi connectivity index (χ1) is 7.44. The van der Waals surface area contributed by atoms with Gasteiger partial charge in [0.1, 0.15) is 0 Å². The van der Waals surface area contributed by atoms with Crippen LogP contribution in [-0.4, -0.2) is 23.8 Å². The summed E-state index contributed by atoms with van der Waals surface area (Å²) >= 11 is 0. The molecular weight excluding hydrogens is 198 g/mol. The molecule has 1 rings (SSSR count). The maximum Gasteiger partial charge on any atom is 0.0587 e. The van der Waals surface area contributed by atoms with Crippen molar-refractivity contribution >= 4 is 0 Å². The van der Waals surface area contributed by atoms with Gasteiger partial charge in [-0.15, -0.1) is 0 Å². The molecule has 1 aliphatic carbocycles. The van der Waals surface area contributed by atoms with Crippen LogP contribution in [0.4, 0.5) is 0 Å². The Bertz CT molecular complexity index is 201. The van der Waals surface area contributed by atoms with Crippen molar-refractivity contribution in [2.75, 3.05) is 6.61 Å². The van der Waals surface area contributed by atoms with Gasteiger partial charge in [-0.2, -0.15) is 0 Å². The monoisotopic (exact) mass is 227 g/mol. The molecule has 96 valence electrons. The molecule has 1 saturated carbocycles. The number of hydrogen-bond donors (Lipinski definition) is 2. The van der Waals surface area contributed by atoms with E-state index in [1.807, 2.05) is 0 Å². The van der Waals surface area contributed by atoms with E-state index in [4.69, 9.17) is 0 Å². The fourth-order valence-electron chi connectivity index (χ4n) is 2.59. The third kappa shape index (κ3) is 4.42. The van der Waals surface area contributed by atoms with Crippen molar-refractivity contribution < 1.29 is 5.11 Å². The molecule has 2 nitrogen and oxygen atoms in total. The van der Waals surface area contributed by atoms with Crippen molar-refractivity contribution in [2.45, 2.75) is 71.9 Å². The molecule has 0 aliphatic heterocycles. The maximum atomic E-state index is 9.34. The standard InChI is InChI=1S/C14H29NO/c1-11(2)13(10-16)15-12-6-5-8-14(3,4)9-7-12/h11-13,15-16H,5-10H2,1-4H3/t12?,13-/m1/s1. The number of rotatable bonds is 4. The second kappa shape index (κ2) is 6.02. The van der Waals surface area contributed by atoms with Gasteiger partial charge in [0.2, 0.25) is 0 Å². The highest BCUT2D eigenvalue weighted by atomic mass is 16.3. The van der Waals surface area contributed by atoms with Crippen LogP contribution in [0.3, 0.4) is 0 Å². The molecule has 0 spiro atoms. The number of aliphatic hydroxyl groups is 1. The van der Waals surface area contributed by atoms with Crippen LogP contribution in [0, 0.1) is 11.3 Å². The molecular formula is C14H29NO. The van der Waals surface area contributed by atoms with E-state index in [-0.39, 0.29) is 12.6 Å². The lowest BCUT2D eigenvalue weighted by Crippen LogP contribution is -2.43. The molecule has 2 atom stereocenters. The van der Waals surface area contributed by atoms with Crippen LogP contribution in [0.15, 0.2) is 0 Å². The van der Waals surface area contributed by atoms with Crippen molar-refractivity contribution in [1.29, 1.82) is 0 Å². The summed E-state index contributed by atoms with van der Waals surface area (Å²) in [6.45, 7) is 9.36. The van der Waals surface area contributed by atoms with Gasteiger partial charge < -0.3 is 10.4 Å². The fraction of sp³-hybridized carbons (Fsp3) is 1.00. The van der Waals surface area contributed by atoms with Crippen molar-refractivity contribution in [2.24, 2.45) is 11.3 Å². The molecule has 1 unspecified atom stereocenters. The third-order valence-corrected chi connectivity index (χ3v) is 4.03. The fourth-order valence-corrected chi connectivity index (χ4v) is 2.59. The van der Waals surface area contributed by atoms with E-state index in [1.165, 1.54) is 32.1 Å². The van der Waals surface area contributed by atoms with E-state index in [2.05, 4.69) is 33.0 Å². The predicted octanol–water partition coefficient (Wildman–Crippen LogP) is 2.95. The Balaban J connectivity index is 2.43. The summed E-state index contributed by atoms with van der Waals surface area (Å²) in [4.78, 5) is 0. The molecule has 16 heavy (non-hydrogen) atoms. The van der Waals surface area contributed by atoms with Crippen LogP contribution >= 0.6 is 0 Å². The molecule has 1 fully saturated rings. The normalized spacial score (nSPS) is 27.8. The quantitative estimate of drug-likeness (QED) is 0.724. The highest BCUT2D eigenvalue weighted by Gasteiger charge is 2.25. The van der Waals surface area contributed by atoms with Crippen LogP contribution in [0.5, 0.6) is 0 Å². The van der Waals surface area contributed by atoms with Gasteiger partial charge >= 0.3 is 0 Å². The number of aliphatic hydroxyl groups excluding tert-OH is 1. The Labute approximate surface area is 101 Å². The van der Waals surface area contributed by atoms with E-state index in [1.54, 1.807) is 0 Å². The number of hydrogen-bond acceptors (Lipinski definition) is 2. The van der Waals surface area contributed by atoms with E-state index in [9.17, 15) is 5.11 Å². The average molecular weight is 227 g/mol. The molecule has 0 amide bonds. The SMILES string of the molecule is CC(C)[C@@H](CO)NC1CCCC(C)(C)CC1. The molecule has 0 radical (unpaired) electrons. The minimum absolute atomic E-state index is 0.261. The largest absolute Gasteiger partial charge is 0.395 e. The predicted molar refractivity (Wildman–Crippen MR) is 69.5 cm³/mol. The first-order valence-corrected chi connectivity index (χ1v) is 6.81. The topological polar surface area (TPSA) is 32.3 Å². The van der Waals surface area contributed by atoms with Gasteiger partial charge in [-0.25, -0.2) is 0 Å². The van der Waals surface area contributed by atoms with Gasteiger partial charge in [0, 0.05) is 12.1 Å². The Morgan fingerprint density at radius 1 is 1.25 bits per heavy atom. The number of nitrogens with one attached hydrogen (secondary N) is 1. The van der Waals surface area contributed by atoms with E-state index < -0.39 is 0 Å². The second-order valence-electron chi connectivity index (χ2n) is 6.49. The van der Waals surface area contributed by atoms with Gasteiger partial charge in [-0.1, -0.05) is 34.1 Å². The lowest BCUT2D eigenvalue weighted by atomic mass is 9.85.